The molecule has 0 aliphatic heterocycles. The van der Waals surface area contributed by atoms with Gasteiger partial charge in [-0.05, 0) is 25.1 Å². The Kier molecular flexibility index (Phi) is 4.76. The Morgan fingerprint density at radius 3 is 2.32 bits per heavy atom. The van der Waals surface area contributed by atoms with E-state index in [9.17, 15) is 22.6 Å². The summed E-state index contributed by atoms with van der Waals surface area (Å²) < 4.78 is 37.4. The molecule has 8 heteroatoms. The van der Waals surface area contributed by atoms with Crippen LogP contribution >= 0.6 is 0 Å². The zero-order valence-corrected chi connectivity index (χ0v) is 10.8. The molecule has 0 amide bonds. The van der Waals surface area contributed by atoms with Crippen molar-refractivity contribution >= 4 is 21.9 Å². The van der Waals surface area contributed by atoms with Crippen molar-refractivity contribution < 1.29 is 32.4 Å². The van der Waals surface area contributed by atoms with E-state index in [0.29, 0.717) is 0 Å². The fourth-order valence-electron chi connectivity index (χ4n) is 1.29. The summed E-state index contributed by atoms with van der Waals surface area (Å²) >= 11 is 0. The van der Waals surface area contributed by atoms with Crippen LogP contribution < -0.4 is 0 Å². The predicted octanol–water partition coefficient (Wildman–Crippen LogP) is -0.0576. The summed E-state index contributed by atoms with van der Waals surface area (Å²) in [6.07, 6.45) is 0. The Morgan fingerprint density at radius 2 is 1.84 bits per heavy atom. The number of carbonyl (C=O) groups excluding carboxylic acids is 2. The average Bonchev–Trinajstić information content (AvgIpc) is 2.34. The molecular weight excluding hydrogens is 276 g/mol. The highest BCUT2D eigenvalue weighted by Gasteiger charge is 2.14. The lowest BCUT2D eigenvalue weighted by Gasteiger charge is -2.11. The molecular formula is C11H11O7S-. The van der Waals surface area contributed by atoms with Crippen LogP contribution in [0, 0.1) is 0 Å². The second-order valence-corrected chi connectivity index (χ2v) is 5.00. The Labute approximate surface area is 109 Å². The number of aliphatic hydroxyl groups excluding tert-OH is 1. The minimum atomic E-state index is -4.79. The molecule has 0 saturated carbocycles. The van der Waals surface area contributed by atoms with E-state index in [1.807, 2.05) is 0 Å². The van der Waals surface area contributed by atoms with Crippen molar-refractivity contribution in [2.24, 2.45) is 0 Å². The third-order valence-electron chi connectivity index (χ3n) is 2.16. The van der Waals surface area contributed by atoms with Crippen molar-refractivity contribution in [1.29, 1.82) is 0 Å². The van der Waals surface area contributed by atoms with E-state index >= 15 is 0 Å². The molecule has 104 valence electrons. The molecule has 0 heterocycles. The summed E-state index contributed by atoms with van der Waals surface area (Å²) in [5.41, 5.74) is -0.330. The smallest absolute Gasteiger partial charge is 0.338 e. The van der Waals surface area contributed by atoms with Gasteiger partial charge in [0.15, 0.2) is 5.78 Å². The molecule has 1 N–H and O–H groups in total. The Balaban J connectivity index is 3.29. The lowest BCUT2D eigenvalue weighted by molar-refractivity contribution is 0.0433. The third-order valence-corrected chi connectivity index (χ3v) is 2.97. The Hall–Kier alpha value is -1.77. The molecule has 0 atom stereocenters. The van der Waals surface area contributed by atoms with Crippen LogP contribution in [0.3, 0.4) is 0 Å². The average molecular weight is 287 g/mol. The first-order chi connectivity index (χ1) is 8.75. The van der Waals surface area contributed by atoms with Crippen LogP contribution in [0.4, 0.5) is 0 Å². The minimum Gasteiger partial charge on any atom is -0.744 e. The molecule has 0 aliphatic rings. The fourth-order valence-corrected chi connectivity index (χ4v) is 1.83. The summed E-state index contributed by atoms with van der Waals surface area (Å²) in [6, 6.07) is 2.85. The molecule has 0 saturated heterocycles. The number of ether oxygens (including phenoxy) is 1. The Bertz CT molecular complexity index is 603. The van der Waals surface area contributed by atoms with E-state index in [2.05, 4.69) is 4.74 Å². The predicted molar refractivity (Wildman–Crippen MR) is 61.8 cm³/mol. The van der Waals surface area contributed by atoms with Crippen LogP contribution in [0.15, 0.2) is 23.1 Å². The number of carbonyl (C=O) groups is 2. The van der Waals surface area contributed by atoms with Gasteiger partial charge >= 0.3 is 5.97 Å². The van der Waals surface area contributed by atoms with E-state index in [0.717, 1.165) is 18.2 Å². The minimum absolute atomic E-state index is 0.0899. The van der Waals surface area contributed by atoms with Gasteiger partial charge in [0.05, 0.1) is 17.1 Å². The number of hydrogen-bond acceptors (Lipinski definition) is 7. The SMILES string of the molecule is CC(=O)c1cc(C(=O)OCCO)cc(S(=O)(=O)[O-])c1. The van der Waals surface area contributed by atoms with Crippen molar-refractivity contribution in [3.63, 3.8) is 0 Å². The molecule has 0 spiro atoms. The van der Waals surface area contributed by atoms with Gasteiger partial charge in [-0.2, -0.15) is 0 Å². The van der Waals surface area contributed by atoms with Crippen molar-refractivity contribution in [1.82, 2.24) is 0 Å². The number of Topliss-reactive ketones (excluding diaryl/α,β-unsaturated/α-hetero) is 1. The number of rotatable bonds is 5. The molecule has 0 fully saturated rings. The summed E-state index contributed by atoms with van der Waals surface area (Å²) in [6.45, 7) is 0.493. The fraction of sp³-hybridized carbons (Fsp3) is 0.273. The van der Waals surface area contributed by atoms with Gasteiger partial charge in [-0.3, -0.25) is 4.79 Å². The van der Waals surface area contributed by atoms with Crippen LogP contribution in [-0.4, -0.2) is 43.0 Å². The van der Waals surface area contributed by atoms with Crippen molar-refractivity contribution in [2.45, 2.75) is 11.8 Å². The van der Waals surface area contributed by atoms with E-state index in [4.69, 9.17) is 5.11 Å². The van der Waals surface area contributed by atoms with Gasteiger partial charge in [0.25, 0.3) is 0 Å². The number of benzene rings is 1. The van der Waals surface area contributed by atoms with E-state index < -0.39 is 33.4 Å². The van der Waals surface area contributed by atoms with Gasteiger partial charge in [0, 0.05) is 5.56 Å². The quantitative estimate of drug-likeness (QED) is 0.457. The van der Waals surface area contributed by atoms with Gasteiger partial charge in [-0.15, -0.1) is 0 Å². The number of ketones is 1. The molecule has 0 unspecified atom stereocenters. The number of hydrogen-bond donors (Lipinski definition) is 1. The highest BCUT2D eigenvalue weighted by atomic mass is 32.2. The molecule has 0 bridgehead atoms. The third kappa shape index (κ3) is 4.12. The van der Waals surface area contributed by atoms with Crippen LogP contribution in [0.5, 0.6) is 0 Å². The molecule has 7 nitrogen and oxygen atoms in total. The zero-order valence-electron chi connectivity index (χ0n) is 9.95. The summed E-state index contributed by atoms with van der Waals surface area (Å²) in [5.74, 6) is -1.43. The molecule has 0 aromatic heterocycles. The molecule has 1 aromatic carbocycles. The zero-order chi connectivity index (χ0) is 14.6. The van der Waals surface area contributed by atoms with Crippen LogP contribution in [-0.2, 0) is 14.9 Å². The van der Waals surface area contributed by atoms with Crippen molar-refractivity contribution in [3.8, 4) is 0 Å². The van der Waals surface area contributed by atoms with Gasteiger partial charge < -0.3 is 14.4 Å². The van der Waals surface area contributed by atoms with Crippen LogP contribution in [0.25, 0.3) is 0 Å². The van der Waals surface area contributed by atoms with E-state index in [-0.39, 0.29) is 17.7 Å². The first-order valence-corrected chi connectivity index (χ1v) is 6.56. The Morgan fingerprint density at radius 1 is 1.26 bits per heavy atom. The first kappa shape index (κ1) is 15.3. The molecule has 0 aliphatic carbocycles. The van der Waals surface area contributed by atoms with Gasteiger partial charge in [-0.25, -0.2) is 13.2 Å². The van der Waals surface area contributed by atoms with Crippen molar-refractivity contribution in [2.75, 3.05) is 13.2 Å². The topological polar surface area (TPSA) is 121 Å². The maximum atomic E-state index is 11.5. The van der Waals surface area contributed by atoms with Crippen LogP contribution in [0.1, 0.15) is 27.6 Å². The second-order valence-electron chi connectivity index (χ2n) is 3.62. The molecule has 1 aromatic rings. The van der Waals surface area contributed by atoms with Gasteiger partial charge in [0.2, 0.25) is 0 Å². The summed E-state index contributed by atoms with van der Waals surface area (Å²) in [4.78, 5) is 22.1. The van der Waals surface area contributed by atoms with E-state index in [1.165, 1.54) is 6.92 Å². The van der Waals surface area contributed by atoms with Gasteiger partial charge in [0.1, 0.15) is 16.7 Å². The highest BCUT2D eigenvalue weighted by Crippen LogP contribution is 2.16. The second kappa shape index (κ2) is 5.91. The van der Waals surface area contributed by atoms with Crippen molar-refractivity contribution in [3.05, 3.63) is 29.3 Å². The number of esters is 1. The maximum absolute atomic E-state index is 11.5. The first-order valence-electron chi connectivity index (χ1n) is 5.15. The molecule has 19 heavy (non-hydrogen) atoms. The lowest BCUT2D eigenvalue weighted by Crippen LogP contribution is -2.11. The normalized spacial score (nSPS) is 11.1. The maximum Gasteiger partial charge on any atom is 0.338 e. The van der Waals surface area contributed by atoms with E-state index in [1.54, 1.807) is 0 Å². The molecule has 0 radical (unpaired) electrons. The summed E-state index contributed by atoms with van der Waals surface area (Å²) in [7, 11) is -4.79. The lowest BCUT2D eigenvalue weighted by atomic mass is 10.1. The standard InChI is InChI=1S/C11H12O7S/c1-7(13)8-4-9(11(14)18-3-2-12)6-10(5-8)19(15,16)17/h4-6,12H,2-3H2,1H3,(H,15,16,17)/p-1. The highest BCUT2D eigenvalue weighted by molar-refractivity contribution is 7.85. The molecule has 1 rings (SSSR count). The van der Waals surface area contributed by atoms with Crippen LogP contribution in [0.2, 0.25) is 0 Å². The monoisotopic (exact) mass is 287 g/mol. The largest absolute Gasteiger partial charge is 0.744 e. The number of aliphatic hydroxyl groups is 1. The van der Waals surface area contributed by atoms with Gasteiger partial charge in [-0.1, -0.05) is 0 Å². The summed E-state index contributed by atoms with van der Waals surface area (Å²) in [5, 5.41) is 8.51.